The molecule has 1 aromatic carbocycles. The first-order chi connectivity index (χ1) is 6.36. The number of methoxy groups -OCH3 is 1. The molecule has 0 N–H and O–H groups in total. The second-order valence-electron chi connectivity index (χ2n) is 2.36. The zero-order valence-corrected chi connectivity index (χ0v) is 10.8. The predicted octanol–water partition coefficient (Wildman–Crippen LogP) is 3.04. The van der Waals surface area contributed by atoms with E-state index in [1.165, 1.54) is 19.2 Å². The molecular weight excluding hydrogens is 315 g/mol. The maximum atomic E-state index is 11.1. The Bertz CT molecular complexity index is 458. The van der Waals surface area contributed by atoms with Gasteiger partial charge in [0.2, 0.25) is 0 Å². The van der Waals surface area contributed by atoms with Gasteiger partial charge in [0.05, 0.1) is 12.1 Å². The van der Waals surface area contributed by atoms with Crippen LogP contribution >= 0.6 is 38.2 Å². The maximum absolute atomic E-state index is 11.1. The Balaban J connectivity index is 3.51. The molecule has 14 heavy (non-hydrogen) atoms. The fraction of sp³-hybridized carbons (Fsp3) is 0.143. The van der Waals surface area contributed by atoms with E-state index in [1.807, 2.05) is 0 Å². The molecule has 0 spiro atoms. The molecule has 0 heterocycles. The van der Waals surface area contributed by atoms with Crippen LogP contribution in [0.4, 0.5) is 0 Å². The number of benzene rings is 1. The van der Waals surface area contributed by atoms with E-state index in [0.29, 0.717) is 9.50 Å². The van der Waals surface area contributed by atoms with E-state index >= 15 is 0 Å². The summed E-state index contributed by atoms with van der Waals surface area (Å²) >= 11 is 8.84. The van der Waals surface area contributed by atoms with Gasteiger partial charge in [-0.3, -0.25) is 0 Å². The van der Waals surface area contributed by atoms with Crippen LogP contribution in [-0.2, 0) is 9.05 Å². The van der Waals surface area contributed by atoms with Gasteiger partial charge < -0.3 is 4.74 Å². The van der Waals surface area contributed by atoms with E-state index in [9.17, 15) is 8.42 Å². The number of hydrogen-bond donors (Lipinski definition) is 0. The first-order valence-corrected chi connectivity index (χ1v) is 6.82. The van der Waals surface area contributed by atoms with Crippen molar-refractivity contribution in [2.45, 2.75) is 4.90 Å². The zero-order valence-electron chi connectivity index (χ0n) is 6.92. The SMILES string of the molecule is COc1cc(Cl)c(Br)cc1S(=O)(=O)Cl. The van der Waals surface area contributed by atoms with E-state index in [1.54, 1.807) is 0 Å². The lowest BCUT2D eigenvalue weighted by Crippen LogP contribution is -1.96. The van der Waals surface area contributed by atoms with E-state index < -0.39 is 9.05 Å². The topological polar surface area (TPSA) is 43.4 Å². The summed E-state index contributed by atoms with van der Waals surface area (Å²) in [6.07, 6.45) is 0. The molecule has 0 aromatic heterocycles. The Morgan fingerprint density at radius 1 is 1.43 bits per heavy atom. The molecule has 0 bridgehead atoms. The molecule has 0 amide bonds. The van der Waals surface area contributed by atoms with Gasteiger partial charge in [-0.2, -0.15) is 0 Å². The van der Waals surface area contributed by atoms with Crippen molar-refractivity contribution < 1.29 is 13.2 Å². The summed E-state index contributed by atoms with van der Waals surface area (Å²) in [6, 6.07) is 2.67. The summed E-state index contributed by atoms with van der Waals surface area (Å²) in [4.78, 5) is -0.113. The molecule has 0 aliphatic carbocycles. The zero-order chi connectivity index (χ0) is 10.9. The average molecular weight is 320 g/mol. The standard InChI is InChI=1S/C7H5BrCl2O3S/c1-13-6-3-5(9)4(8)2-7(6)14(10,11)12/h2-3H,1H3. The van der Waals surface area contributed by atoms with Crippen LogP contribution in [0, 0.1) is 0 Å². The highest BCUT2D eigenvalue weighted by atomic mass is 79.9. The van der Waals surface area contributed by atoms with Gasteiger partial charge >= 0.3 is 0 Å². The normalized spacial score (nSPS) is 11.4. The summed E-state index contributed by atoms with van der Waals surface area (Å²) in [5.74, 6) is 0.119. The van der Waals surface area contributed by atoms with Gasteiger partial charge in [0.1, 0.15) is 10.6 Å². The summed E-state index contributed by atoms with van der Waals surface area (Å²) in [6.45, 7) is 0. The number of halogens is 3. The van der Waals surface area contributed by atoms with Crippen molar-refractivity contribution in [3.63, 3.8) is 0 Å². The van der Waals surface area contributed by atoms with Gasteiger partial charge in [-0.15, -0.1) is 0 Å². The lowest BCUT2D eigenvalue weighted by Gasteiger charge is -2.06. The van der Waals surface area contributed by atoms with E-state index in [4.69, 9.17) is 27.0 Å². The second-order valence-corrected chi connectivity index (χ2v) is 6.15. The average Bonchev–Trinajstić information content (AvgIpc) is 2.07. The van der Waals surface area contributed by atoms with E-state index in [0.717, 1.165) is 0 Å². The fourth-order valence-electron chi connectivity index (χ4n) is 0.860. The van der Waals surface area contributed by atoms with Crippen LogP contribution in [0.25, 0.3) is 0 Å². The molecule has 0 atom stereocenters. The van der Waals surface area contributed by atoms with Gasteiger partial charge in [0, 0.05) is 21.2 Å². The van der Waals surface area contributed by atoms with Crippen LogP contribution in [-0.4, -0.2) is 15.5 Å². The Kier molecular flexibility index (Phi) is 3.69. The molecule has 0 aliphatic heterocycles. The van der Waals surface area contributed by atoms with Crippen molar-refractivity contribution in [2.75, 3.05) is 7.11 Å². The van der Waals surface area contributed by atoms with Crippen LogP contribution < -0.4 is 4.74 Å². The molecule has 0 unspecified atom stereocenters. The first-order valence-electron chi connectivity index (χ1n) is 3.34. The fourth-order valence-corrected chi connectivity index (χ4v) is 2.51. The van der Waals surface area contributed by atoms with E-state index in [2.05, 4.69) is 15.9 Å². The Morgan fingerprint density at radius 2 is 2.00 bits per heavy atom. The van der Waals surface area contributed by atoms with Crippen LogP contribution in [0.2, 0.25) is 5.02 Å². The Labute approximate surface area is 99.5 Å². The second kappa shape index (κ2) is 4.26. The molecule has 1 rings (SSSR count). The third-order valence-electron chi connectivity index (χ3n) is 1.47. The quantitative estimate of drug-likeness (QED) is 0.787. The third-order valence-corrected chi connectivity index (χ3v) is 4.01. The van der Waals surface area contributed by atoms with Crippen LogP contribution in [0.5, 0.6) is 5.75 Å². The van der Waals surface area contributed by atoms with Crippen LogP contribution in [0.3, 0.4) is 0 Å². The Hall–Kier alpha value is 0.0300. The summed E-state index contributed by atoms with van der Waals surface area (Å²) in [5.41, 5.74) is 0. The third kappa shape index (κ3) is 2.53. The summed E-state index contributed by atoms with van der Waals surface area (Å²) in [5, 5.41) is 0.353. The molecule has 7 heteroatoms. The Morgan fingerprint density at radius 3 is 2.43 bits per heavy atom. The van der Waals surface area contributed by atoms with Crippen molar-refractivity contribution in [1.29, 1.82) is 0 Å². The molecule has 0 aliphatic rings. The minimum atomic E-state index is -3.83. The maximum Gasteiger partial charge on any atom is 0.265 e. The van der Waals surface area contributed by atoms with Gasteiger partial charge in [0.15, 0.2) is 0 Å². The van der Waals surface area contributed by atoms with Crippen molar-refractivity contribution in [3.8, 4) is 5.75 Å². The number of hydrogen-bond acceptors (Lipinski definition) is 3. The first kappa shape index (κ1) is 12.1. The number of rotatable bonds is 2. The van der Waals surface area contributed by atoms with Gasteiger partial charge in [-0.25, -0.2) is 8.42 Å². The van der Waals surface area contributed by atoms with Gasteiger partial charge in [-0.05, 0) is 22.0 Å². The molecule has 3 nitrogen and oxygen atoms in total. The molecule has 78 valence electrons. The molecule has 0 fully saturated rings. The highest BCUT2D eigenvalue weighted by Crippen LogP contribution is 2.34. The lowest BCUT2D eigenvalue weighted by atomic mass is 10.3. The van der Waals surface area contributed by atoms with Crippen molar-refractivity contribution in [2.24, 2.45) is 0 Å². The molecule has 1 aromatic rings. The van der Waals surface area contributed by atoms with E-state index in [-0.39, 0.29) is 10.6 Å². The predicted molar refractivity (Wildman–Crippen MR) is 58.7 cm³/mol. The largest absolute Gasteiger partial charge is 0.495 e. The molecule has 0 saturated carbocycles. The van der Waals surface area contributed by atoms with Crippen LogP contribution in [0.1, 0.15) is 0 Å². The minimum absolute atomic E-state index is 0.113. The molecule has 0 radical (unpaired) electrons. The van der Waals surface area contributed by atoms with Gasteiger partial charge in [0.25, 0.3) is 9.05 Å². The molecule has 0 saturated heterocycles. The van der Waals surface area contributed by atoms with Crippen molar-refractivity contribution in [1.82, 2.24) is 0 Å². The van der Waals surface area contributed by atoms with Gasteiger partial charge in [-0.1, -0.05) is 11.6 Å². The monoisotopic (exact) mass is 318 g/mol. The van der Waals surface area contributed by atoms with Crippen molar-refractivity contribution in [3.05, 3.63) is 21.6 Å². The highest BCUT2D eigenvalue weighted by molar-refractivity contribution is 9.10. The number of ether oxygens (including phenoxy) is 1. The smallest absolute Gasteiger partial charge is 0.265 e. The lowest BCUT2D eigenvalue weighted by molar-refractivity contribution is 0.403. The summed E-state index contributed by atoms with van der Waals surface area (Å²) < 4.78 is 27.5. The van der Waals surface area contributed by atoms with Crippen LogP contribution in [0.15, 0.2) is 21.5 Å². The van der Waals surface area contributed by atoms with Crippen molar-refractivity contribution >= 4 is 47.3 Å². The molecular formula is C7H5BrCl2O3S. The summed E-state index contributed by atoms with van der Waals surface area (Å²) in [7, 11) is 2.71. The highest BCUT2D eigenvalue weighted by Gasteiger charge is 2.18. The minimum Gasteiger partial charge on any atom is -0.495 e.